The maximum atomic E-state index is 12.4. The zero-order chi connectivity index (χ0) is 20.7. The molecule has 1 unspecified atom stereocenters. The van der Waals surface area contributed by atoms with Crippen LogP contribution < -0.4 is 9.64 Å². The smallest absolute Gasteiger partial charge is 0.326 e. The number of nitrogens with zero attached hydrogens (tertiary/aromatic N) is 1. The number of carbonyl (C=O) groups is 4. The molecule has 0 fully saturated rings. The van der Waals surface area contributed by atoms with Crippen molar-refractivity contribution in [1.82, 2.24) is 0 Å². The third-order valence-electron chi connectivity index (χ3n) is 4.28. The molecule has 0 spiro atoms. The summed E-state index contributed by atoms with van der Waals surface area (Å²) in [5, 5.41) is 0. The van der Waals surface area contributed by atoms with Gasteiger partial charge in [-0.15, -0.1) is 0 Å². The minimum absolute atomic E-state index is 0.0114. The fourth-order valence-corrected chi connectivity index (χ4v) is 2.62. The van der Waals surface area contributed by atoms with Crippen LogP contribution in [-0.2, 0) is 23.9 Å². The number of hydrogen-bond donors (Lipinski definition) is 0. The van der Waals surface area contributed by atoms with E-state index in [0.717, 1.165) is 0 Å². The second-order valence-corrected chi connectivity index (χ2v) is 6.39. The van der Waals surface area contributed by atoms with E-state index in [9.17, 15) is 19.2 Å². The van der Waals surface area contributed by atoms with Crippen molar-refractivity contribution in [1.29, 1.82) is 0 Å². The van der Waals surface area contributed by atoms with Crippen molar-refractivity contribution >= 4 is 29.3 Å². The first-order valence-electron chi connectivity index (χ1n) is 9.31. The molecule has 1 heterocycles. The van der Waals surface area contributed by atoms with Gasteiger partial charge in [-0.1, -0.05) is 6.92 Å². The van der Waals surface area contributed by atoms with E-state index in [-0.39, 0.29) is 44.5 Å². The molecule has 0 saturated heterocycles. The van der Waals surface area contributed by atoms with Gasteiger partial charge in [0, 0.05) is 12.0 Å². The quantitative estimate of drug-likeness (QED) is 0.470. The topological polar surface area (TPSA) is 99.2 Å². The Bertz CT molecular complexity index is 759. The molecule has 1 aromatic rings. The van der Waals surface area contributed by atoms with E-state index in [1.807, 2.05) is 6.92 Å². The van der Waals surface area contributed by atoms with E-state index in [1.165, 1.54) is 11.0 Å². The van der Waals surface area contributed by atoms with Gasteiger partial charge >= 0.3 is 11.9 Å². The van der Waals surface area contributed by atoms with Crippen molar-refractivity contribution < 1.29 is 33.4 Å². The monoisotopic (exact) mass is 391 g/mol. The number of fused-ring (bicyclic) bond motifs is 1. The average Bonchev–Trinajstić information content (AvgIpc) is 2.68. The summed E-state index contributed by atoms with van der Waals surface area (Å²) < 4.78 is 15.4. The number of amides is 1. The van der Waals surface area contributed by atoms with Gasteiger partial charge in [0.1, 0.15) is 12.3 Å². The highest BCUT2D eigenvalue weighted by Crippen LogP contribution is 2.33. The lowest BCUT2D eigenvalue weighted by Crippen LogP contribution is -2.43. The number of esters is 2. The number of ketones is 1. The lowest BCUT2D eigenvalue weighted by molar-refractivity contribution is -0.147. The van der Waals surface area contributed by atoms with Gasteiger partial charge in [-0.25, -0.2) is 0 Å². The molecule has 1 aromatic carbocycles. The largest absolute Gasteiger partial charge is 0.482 e. The fraction of sp³-hybridized carbons (Fsp3) is 0.500. The van der Waals surface area contributed by atoms with E-state index in [4.69, 9.17) is 14.2 Å². The maximum absolute atomic E-state index is 12.4. The fourth-order valence-electron chi connectivity index (χ4n) is 2.62. The van der Waals surface area contributed by atoms with Crippen molar-refractivity contribution in [3.63, 3.8) is 0 Å². The predicted octanol–water partition coefficient (Wildman–Crippen LogP) is 2.28. The van der Waals surface area contributed by atoms with Gasteiger partial charge in [0.25, 0.3) is 5.91 Å². The van der Waals surface area contributed by atoms with Crippen LogP contribution in [0.15, 0.2) is 18.2 Å². The standard InChI is InChI=1S/C20H25NO7/c1-4-13(3)28-20(25)11-21-15-10-14(6-8-17(15)27-12-18(21)23)16(22)7-9-19(24)26-5-2/h6,8,10,13H,4-5,7,9,11-12H2,1-3H3. The molecular weight excluding hydrogens is 366 g/mol. The summed E-state index contributed by atoms with van der Waals surface area (Å²) in [4.78, 5) is 49.5. The predicted molar refractivity (Wildman–Crippen MR) is 100 cm³/mol. The number of rotatable bonds is 9. The van der Waals surface area contributed by atoms with Gasteiger partial charge < -0.3 is 14.2 Å². The Labute approximate surface area is 163 Å². The first kappa shape index (κ1) is 21.4. The first-order valence-corrected chi connectivity index (χ1v) is 9.31. The summed E-state index contributed by atoms with van der Waals surface area (Å²) in [6.07, 6.45) is 0.379. The van der Waals surface area contributed by atoms with Gasteiger partial charge in [0.05, 0.1) is 24.8 Å². The van der Waals surface area contributed by atoms with Crippen molar-refractivity contribution in [2.24, 2.45) is 0 Å². The van der Waals surface area contributed by atoms with Crippen molar-refractivity contribution in [3.05, 3.63) is 23.8 Å². The third-order valence-corrected chi connectivity index (χ3v) is 4.28. The molecule has 0 bridgehead atoms. The molecule has 0 radical (unpaired) electrons. The SMILES string of the molecule is CCOC(=O)CCC(=O)c1ccc2c(c1)N(CC(=O)OC(C)CC)C(=O)CO2. The molecule has 1 amide bonds. The molecule has 1 aliphatic heterocycles. The molecule has 152 valence electrons. The summed E-state index contributed by atoms with van der Waals surface area (Å²) in [6.45, 7) is 5.16. The maximum Gasteiger partial charge on any atom is 0.326 e. The molecule has 0 aliphatic carbocycles. The van der Waals surface area contributed by atoms with E-state index >= 15 is 0 Å². The molecule has 28 heavy (non-hydrogen) atoms. The van der Waals surface area contributed by atoms with Gasteiger partial charge in [-0.05, 0) is 38.5 Å². The third kappa shape index (κ3) is 5.55. The number of anilines is 1. The summed E-state index contributed by atoms with van der Waals surface area (Å²) in [5.74, 6) is -1.24. The number of hydrogen-bond acceptors (Lipinski definition) is 7. The number of benzene rings is 1. The minimum atomic E-state index is -0.533. The van der Waals surface area contributed by atoms with Crippen LogP contribution in [0.3, 0.4) is 0 Å². The van der Waals surface area contributed by atoms with Gasteiger partial charge in [-0.3, -0.25) is 24.1 Å². The molecule has 1 atom stereocenters. The first-order chi connectivity index (χ1) is 13.3. The van der Waals surface area contributed by atoms with Crippen LogP contribution in [0, 0.1) is 0 Å². The Morgan fingerprint density at radius 2 is 1.93 bits per heavy atom. The molecule has 1 aliphatic rings. The Morgan fingerprint density at radius 3 is 2.61 bits per heavy atom. The highest BCUT2D eigenvalue weighted by atomic mass is 16.5. The highest BCUT2D eigenvalue weighted by Gasteiger charge is 2.29. The number of carbonyl (C=O) groups excluding carboxylic acids is 4. The van der Waals surface area contributed by atoms with Crippen molar-refractivity contribution in [2.45, 2.75) is 46.1 Å². The van der Waals surface area contributed by atoms with Crippen LogP contribution in [0.1, 0.15) is 50.4 Å². The average molecular weight is 391 g/mol. The van der Waals surface area contributed by atoms with Crippen LogP contribution in [0.2, 0.25) is 0 Å². The summed E-state index contributed by atoms with van der Waals surface area (Å²) >= 11 is 0. The van der Waals surface area contributed by atoms with Gasteiger partial charge in [-0.2, -0.15) is 0 Å². The Kier molecular flexibility index (Phi) is 7.54. The number of Topliss-reactive ketones (excluding diaryl/α,β-unsaturated/α-hetero) is 1. The Hall–Kier alpha value is -2.90. The van der Waals surface area contributed by atoms with E-state index in [0.29, 0.717) is 23.4 Å². The molecule has 0 saturated carbocycles. The summed E-state index contributed by atoms with van der Waals surface area (Å²) in [7, 11) is 0. The number of ether oxygens (including phenoxy) is 3. The second-order valence-electron chi connectivity index (χ2n) is 6.39. The molecular formula is C20H25NO7. The van der Waals surface area contributed by atoms with Gasteiger partial charge in [0.15, 0.2) is 12.4 Å². The van der Waals surface area contributed by atoms with Crippen LogP contribution in [-0.4, -0.2) is 49.5 Å². The zero-order valence-corrected chi connectivity index (χ0v) is 16.4. The Morgan fingerprint density at radius 1 is 1.18 bits per heavy atom. The molecule has 0 N–H and O–H groups in total. The second kappa shape index (κ2) is 9.87. The summed E-state index contributed by atoms with van der Waals surface area (Å²) in [6, 6.07) is 4.64. The van der Waals surface area contributed by atoms with E-state index in [2.05, 4.69) is 0 Å². The highest BCUT2D eigenvalue weighted by molar-refractivity contribution is 6.04. The zero-order valence-electron chi connectivity index (χ0n) is 16.4. The van der Waals surface area contributed by atoms with Crippen LogP contribution in [0.25, 0.3) is 0 Å². The van der Waals surface area contributed by atoms with Crippen LogP contribution in [0.4, 0.5) is 5.69 Å². The summed E-state index contributed by atoms with van der Waals surface area (Å²) in [5.41, 5.74) is 0.654. The van der Waals surface area contributed by atoms with Crippen LogP contribution in [0.5, 0.6) is 5.75 Å². The molecule has 0 aromatic heterocycles. The van der Waals surface area contributed by atoms with E-state index in [1.54, 1.807) is 26.0 Å². The van der Waals surface area contributed by atoms with E-state index < -0.39 is 17.8 Å². The molecule has 2 rings (SSSR count). The normalized spacial score (nSPS) is 14.0. The van der Waals surface area contributed by atoms with Crippen molar-refractivity contribution in [2.75, 3.05) is 24.7 Å². The van der Waals surface area contributed by atoms with Gasteiger partial charge in [0.2, 0.25) is 0 Å². The minimum Gasteiger partial charge on any atom is -0.482 e. The lowest BCUT2D eigenvalue weighted by Gasteiger charge is -2.29. The molecule has 8 heteroatoms. The Balaban J connectivity index is 2.15. The van der Waals surface area contributed by atoms with Crippen LogP contribution >= 0.6 is 0 Å². The lowest BCUT2D eigenvalue weighted by atomic mass is 10.0. The van der Waals surface area contributed by atoms with Crippen molar-refractivity contribution in [3.8, 4) is 5.75 Å². The molecule has 8 nitrogen and oxygen atoms in total.